The molecule has 0 saturated heterocycles. The van der Waals surface area contributed by atoms with Crippen molar-refractivity contribution in [3.63, 3.8) is 0 Å². The number of aliphatic hydroxyl groups is 1. The second kappa shape index (κ2) is 10.3. The van der Waals surface area contributed by atoms with E-state index in [0.29, 0.717) is 19.0 Å². The van der Waals surface area contributed by atoms with Gasteiger partial charge in [0.05, 0.1) is 12.8 Å². The molecular formula is C25H31NO3. The molecule has 1 atom stereocenters. The lowest BCUT2D eigenvalue weighted by Gasteiger charge is -2.24. The number of benzene rings is 2. The van der Waals surface area contributed by atoms with Gasteiger partial charge in [-0.1, -0.05) is 50.2 Å². The van der Waals surface area contributed by atoms with Gasteiger partial charge in [-0.05, 0) is 53.8 Å². The minimum absolute atomic E-state index is 0.254. The maximum Gasteiger partial charge on any atom is 0.119 e. The third-order valence-corrected chi connectivity index (χ3v) is 4.91. The minimum atomic E-state index is -0.597. The van der Waals surface area contributed by atoms with Crippen LogP contribution >= 0.6 is 0 Å². The highest BCUT2D eigenvalue weighted by Crippen LogP contribution is 2.17. The number of aliphatic hydroxyl groups excluding tert-OH is 1. The van der Waals surface area contributed by atoms with Crippen LogP contribution in [0.25, 0.3) is 0 Å². The normalized spacial score (nSPS) is 12.5. The van der Waals surface area contributed by atoms with Crippen LogP contribution in [0.4, 0.5) is 0 Å². The zero-order chi connectivity index (χ0) is 20.6. The number of furan rings is 1. The summed E-state index contributed by atoms with van der Waals surface area (Å²) in [5.41, 5.74) is 3.69. The van der Waals surface area contributed by atoms with Gasteiger partial charge < -0.3 is 14.3 Å². The summed E-state index contributed by atoms with van der Waals surface area (Å²) in [7, 11) is 0. The van der Waals surface area contributed by atoms with E-state index in [-0.39, 0.29) is 6.61 Å². The van der Waals surface area contributed by atoms with E-state index in [9.17, 15) is 5.11 Å². The number of hydrogen-bond donors (Lipinski definition) is 1. The van der Waals surface area contributed by atoms with Gasteiger partial charge in [0, 0.05) is 13.1 Å². The van der Waals surface area contributed by atoms with Gasteiger partial charge in [-0.15, -0.1) is 0 Å². The van der Waals surface area contributed by atoms with E-state index in [1.807, 2.05) is 43.3 Å². The molecule has 0 radical (unpaired) electrons. The number of ether oxygens (including phenoxy) is 1. The number of aryl methyl sites for hydroxylation is 1. The minimum Gasteiger partial charge on any atom is -0.491 e. The average molecular weight is 394 g/mol. The van der Waals surface area contributed by atoms with E-state index in [2.05, 4.69) is 43.0 Å². The summed E-state index contributed by atoms with van der Waals surface area (Å²) in [5.74, 6) is 2.19. The van der Waals surface area contributed by atoms with E-state index in [0.717, 1.165) is 23.6 Å². The molecule has 0 fully saturated rings. The van der Waals surface area contributed by atoms with E-state index in [1.165, 1.54) is 11.1 Å². The van der Waals surface area contributed by atoms with Crippen molar-refractivity contribution in [1.82, 2.24) is 4.90 Å². The van der Waals surface area contributed by atoms with Crippen LogP contribution in [0, 0.1) is 6.92 Å². The van der Waals surface area contributed by atoms with Gasteiger partial charge >= 0.3 is 0 Å². The lowest BCUT2D eigenvalue weighted by Crippen LogP contribution is -2.35. The van der Waals surface area contributed by atoms with E-state index in [4.69, 9.17) is 9.15 Å². The van der Waals surface area contributed by atoms with Gasteiger partial charge in [-0.25, -0.2) is 0 Å². The highest BCUT2D eigenvalue weighted by molar-refractivity contribution is 5.27. The van der Waals surface area contributed by atoms with Crippen molar-refractivity contribution in [1.29, 1.82) is 0 Å². The molecular weight excluding hydrogens is 362 g/mol. The Morgan fingerprint density at radius 3 is 2.45 bits per heavy atom. The molecule has 1 N–H and O–H groups in total. The Balaban J connectivity index is 1.61. The summed E-state index contributed by atoms with van der Waals surface area (Å²) < 4.78 is 11.3. The smallest absolute Gasteiger partial charge is 0.119 e. The zero-order valence-corrected chi connectivity index (χ0v) is 17.5. The van der Waals surface area contributed by atoms with Gasteiger partial charge in [0.1, 0.15) is 24.2 Å². The maximum absolute atomic E-state index is 10.6. The fraction of sp³-hybridized carbons (Fsp3) is 0.360. The fourth-order valence-corrected chi connectivity index (χ4v) is 3.32. The highest BCUT2D eigenvalue weighted by Gasteiger charge is 2.15. The molecule has 2 aromatic carbocycles. The Labute approximate surface area is 173 Å². The lowest BCUT2D eigenvalue weighted by atomic mass is 10.0. The molecule has 1 unspecified atom stereocenters. The van der Waals surface area contributed by atoms with E-state index in [1.54, 1.807) is 6.26 Å². The summed E-state index contributed by atoms with van der Waals surface area (Å²) >= 11 is 0. The highest BCUT2D eigenvalue weighted by atomic mass is 16.5. The lowest BCUT2D eigenvalue weighted by molar-refractivity contribution is 0.0604. The molecule has 0 aliphatic carbocycles. The molecule has 4 nitrogen and oxygen atoms in total. The molecule has 0 spiro atoms. The van der Waals surface area contributed by atoms with Crippen molar-refractivity contribution in [2.75, 3.05) is 13.2 Å². The first-order chi connectivity index (χ1) is 14.0. The molecule has 3 rings (SSSR count). The largest absolute Gasteiger partial charge is 0.491 e. The van der Waals surface area contributed by atoms with Crippen LogP contribution in [0.1, 0.15) is 42.2 Å². The first-order valence-corrected chi connectivity index (χ1v) is 10.2. The quantitative estimate of drug-likeness (QED) is 0.517. The van der Waals surface area contributed by atoms with Crippen LogP contribution in [-0.2, 0) is 13.1 Å². The molecule has 1 aromatic heterocycles. The number of hydrogen-bond acceptors (Lipinski definition) is 4. The average Bonchev–Trinajstić information content (AvgIpc) is 3.20. The third-order valence-electron chi connectivity index (χ3n) is 4.91. The molecule has 0 amide bonds. The van der Waals surface area contributed by atoms with Crippen LogP contribution in [0.3, 0.4) is 0 Å². The van der Waals surface area contributed by atoms with Crippen LogP contribution in [-0.4, -0.2) is 29.3 Å². The standard InChI is InChI=1S/C25H31NO3/c1-19(2)22-11-9-21(10-12-22)15-26(17-25-8-5-13-28-25)16-23(27)18-29-24-7-4-6-20(3)14-24/h4-14,19,23,27H,15-18H2,1-3H3. The zero-order valence-electron chi connectivity index (χ0n) is 17.5. The van der Waals surface area contributed by atoms with Crippen molar-refractivity contribution in [3.05, 3.63) is 89.4 Å². The topological polar surface area (TPSA) is 45.8 Å². The molecule has 0 bridgehead atoms. The van der Waals surface area contributed by atoms with Crippen LogP contribution < -0.4 is 4.74 Å². The van der Waals surface area contributed by atoms with Crippen molar-refractivity contribution >= 4 is 0 Å². The Hall–Kier alpha value is -2.56. The Morgan fingerprint density at radius 1 is 1.00 bits per heavy atom. The van der Waals surface area contributed by atoms with Gasteiger partial charge in [-0.2, -0.15) is 0 Å². The van der Waals surface area contributed by atoms with Crippen molar-refractivity contribution < 1.29 is 14.3 Å². The van der Waals surface area contributed by atoms with E-state index >= 15 is 0 Å². The molecule has 0 aliphatic rings. The van der Waals surface area contributed by atoms with Gasteiger partial charge in [-0.3, -0.25) is 4.90 Å². The molecule has 0 saturated carbocycles. The second-order valence-corrected chi connectivity index (χ2v) is 7.93. The first-order valence-electron chi connectivity index (χ1n) is 10.2. The molecule has 4 heteroatoms. The predicted molar refractivity (Wildman–Crippen MR) is 116 cm³/mol. The van der Waals surface area contributed by atoms with Crippen LogP contribution in [0.5, 0.6) is 5.75 Å². The van der Waals surface area contributed by atoms with Crippen LogP contribution in [0.15, 0.2) is 71.3 Å². The maximum atomic E-state index is 10.6. The Morgan fingerprint density at radius 2 is 1.79 bits per heavy atom. The molecule has 3 aromatic rings. The molecule has 29 heavy (non-hydrogen) atoms. The monoisotopic (exact) mass is 393 g/mol. The molecule has 0 aliphatic heterocycles. The van der Waals surface area contributed by atoms with Crippen molar-refractivity contribution in [2.45, 2.75) is 45.9 Å². The summed E-state index contributed by atoms with van der Waals surface area (Å²) in [6.07, 6.45) is 1.09. The Bertz CT molecular complexity index is 856. The summed E-state index contributed by atoms with van der Waals surface area (Å²) in [6, 6.07) is 20.4. The molecule has 154 valence electrons. The van der Waals surface area contributed by atoms with E-state index < -0.39 is 6.10 Å². The van der Waals surface area contributed by atoms with Crippen molar-refractivity contribution in [2.24, 2.45) is 0 Å². The summed E-state index contributed by atoms with van der Waals surface area (Å²) in [6.45, 7) is 8.55. The third kappa shape index (κ3) is 6.77. The summed E-state index contributed by atoms with van der Waals surface area (Å²) in [4.78, 5) is 2.19. The predicted octanol–water partition coefficient (Wildman–Crippen LogP) is 5.15. The van der Waals surface area contributed by atoms with Gasteiger partial charge in [0.25, 0.3) is 0 Å². The number of rotatable bonds is 10. The Kier molecular flexibility index (Phi) is 7.50. The first kappa shape index (κ1) is 21.2. The van der Waals surface area contributed by atoms with Gasteiger partial charge in [0.2, 0.25) is 0 Å². The number of nitrogens with zero attached hydrogens (tertiary/aromatic N) is 1. The SMILES string of the molecule is Cc1cccc(OCC(O)CN(Cc2ccc(C(C)C)cc2)Cc2ccco2)c1. The van der Waals surface area contributed by atoms with Crippen molar-refractivity contribution in [3.8, 4) is 5.75 Å². The fourth-order valence-electron chi connectivity index (χ4n) is 3.32. The molecule has 1 heterocycles. The summed E-state index contributed by atoms with van der Waals surface area (Å²) in [5, 5.41) is 10.6. The van der Waals surface area contributed by atoms with Crippen LogP contribution in [0.2, 0.25) is 0 Å². The van der Waals surface area contributed by atoms with Gasteiger partial charge in [0.15, 0.2) is 0 Å². The second-order valence-electron chi connectivity index (χ2n) is 7.93.